The van der Waals surface area contributed by atoms with Crippen molar-refractivity contribution >= 4 is 15.9 Å². The number of hydrogen-bond donors (Lipinski definition) is 1. The Morgan fingerprint density at radius 3 is 2.71 bits per heavy atom. The monoisotopic (exact) mass is 263 g/mol. The number of sulfonamides is 1. The van der Waals surface area contributed by atoms with Crippen molar-refractivity contribution in [2.45, 2.75) is 19.9 Å². The molecule has 1 aliphatic heterocycles. The van der Waals surface area contributed by atoms with Gasteiger partial charge in [0.05, 0.1) is 12.3 Å². The fraction of sp³-hybridized carbons (Fsp3) is 0.900. The summed E-state index contributed by atoms with van der Waals surface area (Å²) in [5, 5.41) is 3.19. The minimum absolute atomic E-state index is 0.0217. The summed E-state index contributed by atoms with van der Waals surface area (Å²) in [4.78, 5) is 13.7. The van der Waals surface area contributed by atoms with E-state index in [2.05, 4.69) is 5.32 Å². The van der Waals surface area contributed by atoms with E-state index < -0.39 is 10.0 Å². The van der Waals surface area contributed by atoms with Crippen molar-refractivity contribution in [2.24, 2.45) is 0 Å². The third-order valence-corrected chi connectivity index (χ3v) is 4.83. The number of likely N-dealkylation sites (N-methyl/N-ethyl adjacent to an activating group) is 1. The van der Waals surface area contributed by atoms with Crippen LogP contribution in [0.3, 0.4) is 0 Å². The lowest BCUT2D eigenvalue weighted by atomic mass is 10.2. The molecule has 0 saturated carbocycles. The molecule has 6 nitrogen and oxygen atoms in total. The molecule has 0 aliphatic carbocycles. The Hall–Kier alpha value is -0.660. The maximum Gasteiger partial charge on any atom is 0.238 e. The lowest BCUT2D eigenvalue weighted by Gasteiger charge is -2.34. The van der Waals surface area contributed by atoms with E-state index in [0.717, 1.165) is 17.4 Å². The van der Waals surface area contributed by atoms with E-state index in [0.29, 0.717) is 6.54 Å². The van der Waals surface area contributed by atoms with Gasteiger partial charge in [0.1, 0.15) is 0 Å². The highest BCUT2D eigenvalue weighted by Gasteiger charge is 2.26. The molecule has 0 bridgehead atoms. The summed E-state index contributed by atoms with van der Waals surface area (Å²) in [6.45, 7) is 5.62. The van der Waals surface area contributed by atoms with Crippen LogP contribution >= 0.6 is 0 Å². The number of rotatable bonds is 4. The standard InChI is InChI=1S/C10H21N3O3S/c1-4-17(15,16)12(3)8-10(14)13-6-5-11-7-9(13)2/h9,11H,4-8H2,1-3H3/t9-/m0/s1. The summed E-state index contributed by atoms with van der Waals surface area (Å²) in [5.74, 6) is -0.105. The van der Waals surface area contributed by atoms with Gasteiger partial charge >= 0.3 is 0 Å². The number of hydrogen-bond acceptors (Lipinski definition) is 4. The normalized spacial score (nSPS) is 21.9. The summed E-state index contributed by atoms with van der Waals surface area (Å²) in [7, 11) is -1.83. The summed E-state index contributed by atoms with van der Waals surface area (Å²) >= 11 is 0. The second-order valence-corrected chi connectivity index (χ2v) is 6.66. The van der Waals surface area contributed by atoms with Gasteiger partial charge < -0.3 is 10.2 Å². The molecule has 1 atom stereocenters. The van der Waals surface area contributed by atoms with Gasteiger partial charge in [-0.15, -0.1) is 0 Å². The first-order valence-corrected chi connectivity index (χ1v) is 7.43. The van der Waals surface area contributed by atoms with Crippen molar-refractivity contribution in [3.05, 3.63) is 0 Å². The summed E-state index contributed by atoms with van der Waals surface area (Å²) in [6.07, 6.45) is 0. The van der Waals surface area contributed by atoms with Crippen LogP contribution in [0.15, 0.2) is 0 Å². The minimum Gasteiger partial charge on any atom is -0.336 e. The predicted molar refractivity (Wildman–Crippen MR) is 66.1 cm³/mol. The minimum atomic E-state index is -3.28. The van der Waals surface area contributed by atoms with Gasteiger partial charge in [-0.25, -0.2) is 8.42 Å². The Bertz CT molecular complexity index is 369. The number of amides is 1. The molecule has 1 rings (SSSR count). The first kappa shape index (κ1) is 14.4. The summed E-state index contributed by atoms with van der Waals surface area (Å²) in [6, 6.07) is 0.119. The van der Waals surface area contributed by atoms with Crippen LogP contribution in [0.5, 0.6) is 0 Å². The van der Waals surface area contributed by atoms with Gasteiger partial charge in [0.2, 0.25) is 15.9 Å². The fourth-order valence-electron chi connectivity index (χ4n) is 1.81. The zero-order valence-corrected chi connectivity index (χ0v) is 11.5. The molecule has 1 heterocycles. The van der Waals surface area contributed by atoms with Crippen LogP contribution in [0.25, 0.3) is 0 Å². The Morgan fingerprint density at radius 1 is 1.53 bits per heavy atom. The highest BCUT2D eigenvalue weighted by atomic mass is 32.2. The van der Waals surface area contributed by atoms with Gasteiger partial charge in [-0.2, -0.15) is 4.31 Å². The SMILES string of the molecule is CCS(=O)(=O)N(C)CC(=O)N1CCNC[C@@H]1C. The molecule has 1 saturated heterocycles. The van der Waals surface area contributed by atoms with Gasteiger partial charge in [0.25, 0.3) is 0 Å². The molecule has 0 spiro atoms. The number of nitrogens with zero attached hydrogens (tertiary/aromatic N) is 2. The third-order valence-electron chi connectivity index (χ3n) is 3.02. The van der Waals surface area contributed by atoms with Crippen molar-refractivity contribution in [2.75, 3.05) is 39.0 Å². The summed E-state index contributed by atoms with van der Waals surface area (Å²) < 4.78 is 24.2. The van der Waals surface area contributed by atoms with Crippen molar-refractivity contribution < 1.29 is 13.2 Å². The van der Waals surface area contributed by atoms with E-state index in [9.17, 15) is 13.2 Å². The van der Waals surface area contributed by atoms with Crippen LogP contribution in [0.2, 0.25) is 0 Å². The van der Waals surface area contributed by atoms with E-state index in [1.165, 1.54) is 7.05 Å². The maximum absolute atomic E-state index is 12.0. The lowest BCUT2D eigenvalue weighted by molar-refractivity contribution is -0.133. The van der Waals surface area contributed by atoms with Crippen molar-refractivity contribution in [1.82, 2.24) is 14.5 Å². The predicted octanol–water partition coefficient (Wildman–Crippen LogP) is -0.912. The number of carbonyl (C=O) groups is 1. The quantitative estimate of drug-likeness (QED) is 0.713. The molecule has 0 aromatic rings. The topological polar surface area (TPSA) is 69.7 Å². The maximum atomic E-state index is 12.0. The first-order valence-electron chi connectivity index (χ1n) is 5.82. The van der Waals surface area contributed by atoms with E-state index in [1.54, 1.807) is 11.8 Å². The molecule has 17 heavy (non-hydrogen) atoms. The Morgan fingerprint density at radius 2 is 2.18 bits per heavy atom. The highest BCUT2D eigenvalue weighted by molar-refractivity contribution is 7.89. The molecule has 0 radical (unpaired) electrons. The van der Waals surface area contributed by atoms with Crippen molar-refractivity contribution in [3.8, 4) is 0 Å². The molecule has 0 aromatic heterocycles. The molecule has 1 N–H and O–H groups in total. The molecular formula is C10H21N3O3S. The van der Waals surface area contributed by atoms with Gasteiger partial charge in [-0.3, -0.25) is 4.79 Å². The average Bonchev–Trinajstić information content (AvgIpc) is 2.29. The Kier molecular flexibility index (Phi) is 4.91. The number of piperazine rings is 1. The molecule has 1 fully saturated rings. The van der Waals surface area contributed by atoms with Gasteiger partial charge in [-0.1, -0.05) is 0 Å². The fourth-order valence-corrected chi connectivity index (χ4v) is 2.56. The van der Waals surface area contributed by atoms with Crippen LogP contribution < -0.4 is 5.32 Å². The first-order chi connectivity index (χ1) is 7.88. The van der Waals surface area contributed by atoms with Crippen LogP contribution in [0.1, 0.15) is 13.8 Å². The second kappa shape index (κ2) is 5.79. The van der Waals surface area contributed by atoms with Crippen LogP contribution in [0, 0.1) is 0 Å². The Labute approximate surface area is 103 Å². The van der Waals surface area contributed by atoms with E-state index in [1.807, 2.05) is 6.92 Å². The van der Waals surface area contributed by atoms with E-state index in [4.69, 9.17) is 0 Å². The highest BCUT2D eigenvalue weighted by Crippen LogP contribution is 2.05. The molecule has 1 amide bonds. The second-order valence-electron chi connectivity index (χ2n) is 4.30. The van der Waals surface area contributed by atoms with Gasteiger partial charge in [-0.05, 0) is 13.8 Å². The molecule has 0 aromatic carbocycles. The van der Waals surface area contributed by atoms with Crippen LogP contribution in [-0.2, 0) is 14.8 Å². The number of nitrogens with one attached hydrogen (secondary N) is 1. The Balaban J connectivity index is 2.60. The third kappa shape index (κ3) is 3.65. The largest absolute Gasteiger partial charge is 0.336 e. The van der Waals surface area contributed by atoms with Gasteiger partial charge in [0.15, 0.2) is 0 Å². The van der Waals surface area contributed by atoms with Crippen LogP contribution in [-0.4, -0.2) is 68.6 Å². The molecule has 0 unspecified atom stereocenters. The zero-order valence-electron chi connectivity index (χ0n) is 10.6. The van der Waals surface area contributed by atoms with Crippen molar-refractivity contribution in [1.29, 1.82) is 0 Å². The number of carbonyl (C=O) groups excluding carboxylic acids is 1. The molecule has 100 valence electrons. The molecule has 1 aliphatic rings. The van der Waals surface area contributed by atoms with Gasteiger partial charge in [0, 0.05) is 32.7 Å². The smallest absolute Gasteiger partial charge is 0.238 e. The van der Waals surface area contributed by atoms with Crippen LogP contribution in [0.4, 0.5) is 0 Å². The summed E-state index contributed by atoms with van der Waals surface area (Å²) in [5.41, 5.74) is 0. The lowest BCUT2D eigenvalue weighted by Crippen LogP contribution is -2.54. The molecular weight excluding hydrogens is 242 g/mol. The molecule has 7 heteroatoms. The van der Waals surface area contributed by atoms with E-state index >= 15 is 0 Å². The van der Waals surface area contributed by atoms with E-state index in [-0.39, 0.29) is 24.2 Å². The van der Waals surface area contributed by atoms with Crippen molar-refractivity contribution in [3.63, 3.8) is 0 Å². The average molecular weight is 263 g/mol. The zero-order chi connectivity index (χ0) is 13.1.